The number of carbonyl (C=O) groups is 1. The fraction of sp³-hybridized carbons (Fsp3) is 0.238. The summed E-state index contributed by atoms with van der Waals surface area (Å²) in [6.45, 7) is 0.994. The smallest absolute Gasteiger partial charge is 0.231 e. The van der Waals surface area contributed by atoms with E-state index in [0.717, 1.165) is 16.9 Å². The van der Waals surface area contributed by atoms with Crippen LogP contribution in [0.2, 0.25) is 0 Å². The highest BCUT2D eigenvalue weighted by Gasteiger charge is 2.28. The first-order valence-electron chi connectivity index (χ1n) is 8.89. The quantitative estimate of drug-likeness (QED) is 0.756. The number of ether oxygens (including phenoxy) is 2. The first-order valence-corrected chi connectivity index (χ1v) is 8.89. The average molecular weight is 363 g/mol. The van der Waals surface area contributed by atoms with Gasteiger partial charge in [-0.2, -0.15) is 5.10 Å². The van der Waals surface area contributed by atoms with E-state index in [9.17, 15) is 4.79 Å². The number of anilines is 1. The van der Waals surface area contributed by atoms with Gasteiger partial charge in [-0.3, -0.25) is 9.48 Å². The van der Waals surface area contributed by atoms with Crippen LogP contribution in [0.3, 0.4) is 0 Å². The Balaban J connectivity index is 1.40. The maximum Gasteiger partial charge on any atom is 0.231 e. The monoisotopic (exact) mass is 363 g/mol. The van der Waals surface area contributed by atoms with Crippen molar-refractivity contribution in [1.29, 1.82) is 0 Å². The molecule has 1 amide bonds. The molecule has 138 valence electrons. The highest BCUT2D eigenvalue weighted by molar-refractivity contribution is 5.92. The van der Waals surface area contributed by atoms with E-state index in [1.165, 1.54) is 0 Å². The second kappa shape index (κ2) is 7.53. The van der Waals surface area contributed by atoms with Gasteiger partial charge in [0.05, 0.1) is 31.5 Å². The molecule has 0 bridgehead atoms. The fourth-order valence-electron chi connectivity index (χ4n) is 3.25. The first-order chi connectivity index (χ1) is 13.2. The van der Waals surface area contributed by atoms with Gasteiger partial charge in [0.25, 0.3) is 0 Å². The van der Waals surface area contributed by atoms with Crippen LogP contribution < -0.4 is 14.8 Å². The number of amides is 1. The van der Waals surface area contributed by atoms with E-state index in [1.54, 1.807) is 13.3 Å². The summed E-state index contributed by atoms with van der Waals surface area (Å²) >= 11 is 0. The molecule has 1 aliphatic heterocycles. The molecule has 1 aromatic heterocycles. The number of para-hydroxylation sites is 1. The van der Waals surface area contributed by atoms with Crippen molar-refractivity contribution < 1.29 is 14.3 Å². The Hall–Kier alpha value is -3.28. The lowest BCUT2D eigenvalue weighted by Crippen LogP contribution is -2.32. The second-order valence-electron chi connectivity index (χ2n) is 6.56. The Morgan fingerprint density at radius 1 is 1.26 bits per heavy atom. The number of rotatable bonds is 5. The predicted octanol–water partition coefficient (Wildman–Crippen LogP) is 3.13. The number of fused-ring (bicyclic) bond motifs is 1. The molecule has 0 saturated heterocycles. The minimum Gasteiger partial charge on any atom is -0.493 e. The number of nitrogens with one attached hydrogen (secondary N) is 1. The van der Waals surface area contributed by atoms with Crippen molar-refractivity contribution in [2.75, 3.05) is 19.0 Å². The van der Waals surface area contributed by atoms with Gasteiger partial charge in [-0.05, 0) is 23.6 Å². The standard InChI is InChI=1S/C21H21N3O3/c1-26-19-9-5-8-16-10-17(14-27-20(16)19)21(25)23-18-11-22-24(13-18)12-15-6-3-2-4-7-15/h2-9,11,13,17H,10,12,14H2,1H3,(H,23,25). The van der Waals surface area contributed by atoms with Crippen LogP contribution in [-0.2, 0) is 17.8 Å². The topological polar surface area (TPSA) is 65.4 Å². The van der Waals surface area contributed by atoms with Crippen LogP contribution >= 0.6 is 0 Å². The molecular formula is C21H21N3O3. The molecule has 0 radical (unpaired) electrons. The van der Waals surface area contributed by atoms with Crippen molar-refractivity contribution in [2.45, 2.75) is 13.0 Å². The van der Waals surface area contributed by atoms with Crippen LogP contribution in [0.1, 0.15) is 11.1 Å². The van der Waals surface area contributed by atoms with Gasteiger partial charge < -0.3 is 14.8 Å². The Kier molecular flexibility index (Phi) is 4.78. The number of hydrogen-bond donors (Lipinski definition) is 1. The van der Waals surface area contributed by atoms with E-state index in [-0.39, 0.29) is 11.8 Å². The van der Waals surface area contributed by atoms with Gasteiger partial charge in [0, 0.05) is 6.20 Å². The van der Waals surface area contributed by atoms with Crippen LogP contribution in [0.15, 0.2) is 60.9 Å². The average Bonchev–Trinajstić information content (AvgIpc) is 3.14. The third-order valence-corrected chi connectivity index (χ3v) is 4.63. The van der Waals surface area contributed by atoms with Crippen molar-refractivity contribution in [3.05, 3.63) is 72.1 Å². The number of methoxy groups -OCH3 is 1. The van der Waals surface area contributed by atoms with Crippen molar-refractivity contribution in [2.24, 2.45) is 5.92 Å². The van der Waals surface area contributed by atoms with Crippen molar-refractivity contribution >= 4 is 11.6 Å². The zero-order chi connectivity index (χ0) is 18.6. The Morgan fingerprint density at radius 3 is 2.93 bits per heavy atom. The minimum absolute atomic E-state index is 0.0669. The molecule has 0 fully saturated rings. The number of nitrogens with zero attached hydrogens (tertiary/aromatic N) is 2. The lowest BCUT2D eigenvalue weighted by atomic mass is 9.95. The molecule has 27 heavy (non-hydrogen) atoms. The maximum absolute atomic E-state index is 12.6. The van der Waals surface area contributed by atoms with Crippen molar-refractivity contribution in [1.82, 2.24) is 9.78 Å². The summed E-state index contributed by atoms with van der Waals surface area (Å²) < 4.78 is 12.9. The summed E-state index contributed by atoms with van der Waals surface area (Å²) in [5.41, 5.74) is 2.83. The molecule has 3 aromatic rings. The number of aromatic nitrogens is 2. The lowest BCUT2D eigenvalue weighted by Gasteiger charge is -2.25. The molecule has 6 heteroatoms. The van der Waals surface area contributed by atoms with Crippen LogP contribution in [0.4, 0.5) is 5.69 Å². The van der Waals surface area contributed by atoms with Crippen molar-refractivity contribution in [3.8, 4) is 11.5 Å². The maximum atomic E-state index is 12.6. The molecule has 6 nitrogen and oxygen atoms in total. The molecule has 4 rings (SSSR count). The SMILES string of the molecule is COc1cccc2c1OCC(C(=O)Nc1cnn(Cc3ccccc3)c1)C2. The molecule has 1 N–H and O–H groups in total. The number of carbonyl (C=O) groups excluding carboxylic acids is 1. The summed E-state index contributed by atoms with van der Waals surface area (Å²) in [6, 6.07) is 15.8. The van der Waals surface area contributed by atoms with Crippen LogP contribution in [0.5, 0.6) is 11.5 Å². The normalized spacial score (nSPS) is 15.5. The minimum atomic E-state index is -0.248. The van der Waals surface area contributed by atoms with E-state index in [4.69, 9.17) is 9.47 Å². The summed E-state index contributed by atoms with van der Waals surface area (Å²) in [5, 5.41) is 7.27. The molecule has 0 aliphatic carbocycles. The third kappa shape index (κ3) is 3.79. The number of benzene rings is 2. The Morgan fingerprint density at radius 2 is 2.11 bits per heavy atom. The highest BCUT2D eigenvalue weighted by atomic mass is 16.5. The van der Waals surface area contributed by atoms with Gasteiger partial charge in [-0.15, -0.1) is 0 Å². The summed E-state index contributed by atoms with van der Waals surface area (Å²) in [7, 11) is 1.62. The molecule has 2 aromatic carbocycles. The van der Waals surface area contributed by atoms with Gasteiger partial charge in [-0.1, -0.05) is 42.5 Å². The first kappa shape index (κ1) is 17.1. The van der Waals surface area contributed by atoms with Gasteiger partial charge in [0.15, 0.2) is 11.5 Å². The molecule has 1 aliphatic rings. The lowest BCUT2D eigenvalue weighted by molar-refractivity contribution is -0.121. The third-order valence-electron chi connectivity index (χ3n) is 4.63. The van der Waals surface area contributed by atoms with E-state index in [0.29, 0.717) is 31.0 Å². The molecule has 2 heterocycles. The fourth-order valence-corrected chi connectivity index (χ4v) is 3.25. The molecule has 0 saturated carbocycles. The van der Waals surface area contributed by atoms with Gasteiger partial charge >= 0.3 is 0 Å². The van der Waals surface area contributed by atoms with Crippen LogP contribution in [0, 0.1) is 5.92 Å². The summed E-state index contributed by atoms with van der Waals surface area (Å²) in [4.78, 5) is 12.6. The van der Waals surface area contributed by atoms with E-state index in [2.05, 4.69) is 10.4 Å². The zero-order valence-corrected chi connectivity index (χ0v) is 15.1. The largest absolute Gasteiger partial charge is 0.493 e. The summed E-state index contributed by atoms with van der Waals surface area (Å²) in [6.07, 6.45) is 4.13. The molecule has 0 spiro atoms. The van der Waals surface area contributed by atoms with Crippen LogP contribution in [-0.4, -0.2) is 29.4 Å². The molecular weight excluding hydrogens is 342 g/mol. The Bertz CT molecular complexity index is 937. The Labute approximate surface area is 157 Å². The van der Waals surface area contributed by atoms with Crippen molar-refractivity contribution in [3.63, 3.8) is 0 Å². The van der Waals surface area contributed by atoms with E-state index < -0.39 is 0 Å². The summed E-state index contributed by atoms with van der Waals surface area (Å²) in [5.74, 6) is 1.12. The van der Waals surface area contributed by atoms with Crippen LogP contribution in [0.25, 0.3) is 0 Å². The van der Waals surface area contributed by atoms with Gasteiger partial charge in [0.2, 0.25) is 5.91 Å². The van der Waals surface area contributed by atoms with Gasteiger partial charge in [0.1, 0.15) is 6.61 Å². The van der Waals surface area contributed by atoms with E-state index in [1.807, 2.05) is 59.4 Å². The predicted molar refractivity (Wildman–Crippen MR) is 102 cm³/mol. The van der Waals surface area contributed by atoms with Gasteiger partial charge in [-0.25, -0.2) is 0 Å². The number of hydrogen-bond acceptors (Lipinski definition) is 4. The second-order valence-corrected chi connectivity index (χ2v) is 6.56. The van der Waals surface area contributed by atoms with E-state index >= 15 is 0 Å². The molecule has 1 unspecified atom stereocenters. The molecule has 1 atom stereocenters. The zero-order valence-electron chi connectivity index (χ0n) is 15.1. The highest BCUT2D eigenvalue weighted by Crippen LogP contribution is 2.36.